The van der Waals surface area contributed by atoms with E-state index in [0.29, 0.717) is 0 Å². The minimum Gasteiger partial charge on any atom is -0.435 e. The Balaban J connectivity index is 0. The van der Waals surface area contributed by atoms with Crippen LogP contribution < -0.4 is 6.15 Å². The highest BCUT2D eigenvalue weighted by Crippen LogP contribution is 2.32. The minimum atomic E-state index is -2.05. The SMILES string of the molecule is C.C.C.N.O=COC1=C[C@H](O)C(O)[C@H](O[C@@H]2C(OC=O)O[C@@H](O[C@@H]3C(OC=O)O[C@@H](O)C(O)[C@H]3O)C(O)C2O)O1. The highest BCUT2D eigenvalue weighted by Gasteiger charge is 2.53. The minimum absolute atomic E-state index is 0. The second-order valence-corrected chi connectivity index (χ2v) is 7.56. The Hall–Kier alpha value is -2.53. The lowest BCUT2D eigenvalue weighted by atomic mass is 10.0. The summed E-state index contributed by atoms with van der Waals surface area (Å²) in [6, 6.07) is 0. The summed E-state index contributed by atoms with van der Waals surface area (Å²) < 4.78 is 39.5. The molecular formula is C21H39NO18. The molecule has 19 heteroatoms. The van der Waals surface area contributed by atoms with Gasteiger partial charge in [0.05, 0.1) is 0 Å². The van der Waals surface area contributed by atoms with E-state index in [-0.39, 0.29) is 47.8 Å². The van der Waals surface area contributed by atoms with Crippen LogP contribution in [-0.2, 0) is 52.3 Å². The molecule has 3 rings (SSSR count). The molecule has 3 heterocycles. The van der Waals surface area contributed by atoms with E-state index in [2.05, 4.69) is 9.47 Å². The number of aliphatic hydroxyl groups excluding tert-OH is 7. The predicted octanol–water partition coefficient (Wildman–Crippen LogP) is -3.93. The molecule has 0 aromatic rings. The molecule has 0 bridgehead atoms. The van der Waals surface area contributed by atoms with Gasteiger partial charge in [0.2, 0.25) is 18.9 Å². The summed E-state index contributed by atoms with van der Waals surface area (Å²) in [4.78, 5) is 32.3. The van der Waals surface area contributed by atoms with Crippen LogP contribution in [0, 0.1) is 0 Å². The van der Waals surface area contributed by atoms with Crippen LogP contribution in [0.4, 0.5) is 0 Å². The molecular weight excluding hydrogens is 554 g/mol. The van der Waals surface area contributed by atoms with E-state index in [1.807, 2.05) is 0 Å². The van der Waals surface area contributed by atoms with Gasteiger partial charge in [-0.05, 0) is 0 Å². The fourth-order valence-electron chi connectivity index (χ4n) is 3.51. The zero-order valence-electron chi connectivity index (χ0n) is 18.6. The van der Waals surface area contributed by atoms with E-state index in [1.54, 1.807) is 0 Å². The van der Waals surface area contributed by atoms with Crippen molar-refractivity contribution in [3.05, 3.63) is 12.0 Å². The second-order valence-electron chi connectivity index (χ2n) is 7.56. The quantitative estimate of drug-likeness (QED) is 0.0885. The smallest absolute Gasteiger partial charge is 0.300 e. The molecule has 6 unspecified atom stereocenters. The van der Waals surface area contributed by atoms with Crippen molar-refractivity contribution in [1.29, 1.82) is 0 Å². The monoisotopic (exact) mass is 593 g/mol. The maximum atomic E-state index is 11.0. The van der Waals surface area contributed by atoms with Gasteiger partial charge < -0.3 is 79.8 Å². The van der Waals surface area contributed by atoms with E-state index < -0.39 is 86.2 Å². The first-order chi connectivity index (χ1) is 17.1. The van der Waals surface area contributed by atoms with Gasteiger partial charge in [-0.3, -0.25) is 14.4 Å². The van der Waals surface area contributed by atoms with Crippen LogP contribution in [0.15, 0.2) is 12.0 Å². The average Bonchev–Trinajstić information content (AvgIpc) is 2.84. The molecule has 0 spiro atoms. The van der Waals surface area contributed by atoms with Crippen LogP contribution >= 0.6 is 0 Å². The van der Waals surface area contributed by atoms with Crippen molar-refractivity contribution in [2.75, 3.05) is 0 Å². The summed E-state index contributed by atoms with van der Waals surface area (Å²) in [5.74, 6) is -0.568. The summed E-state index contributed by atoms with van der Waals surface area (Å²) in [6.45, 7) is -0.293. The Morgan fingerprint density at radius 2 is 1.12 bits per heavy atom. The standard InChI is InChI=1S/C18H24O18.3CH4.H3N/c19-2-29-6-1-5(22)7(23)15(32-6)33-13-9(25)11(27)16(36-18(13)31-4-21)34-12-8(24)10(26)14(28)35-17(12)30-3-20;;;;/h1-5,7-18,22-28H;3*1H4;1H3/t5-,7?,8+,9?,10?,11?,12-,13-,14+,15-,16+,17?,18?;;;;/m0..../s1. The molecule has 3 aliphatic heterocycles. The molecule has 2 fully saturated rings. The van der Waals surface area contributed by atoms with Crippen molar-refractivity contribution in [2.45, 2.75) is 103 Å². The third-order valence-electron chi connectivity index (χ3n) is 5.32. The predicted molar refractivity (Wildman–Crippen MR) is 125 cm³/mol. The third kappa shape index (κ3) is 8.49. The Kier molecular flexibility index (Phi) is 17.2. The second kappa shape index (κ2) is 17.3. The molecule has 2 saturated heterocycles. The molecule has 0 radical (unpaired) electrons. The highest BCUT2D eigenvalue weighted by molar-refractivity contribution is 5.39. The van der Waals surface area contributed by atoms with Gasteiger partial charge in [-0.1, -0.05) is 22.3 Å². The highest BCUT2D eigenvalue weighted by atomic mass is 16.8. The zero-order valence-corrected chi connectivity index (χ0v) is 18.6. The summed E-state index contributed by atoms with van der Waals surface area (Å²) in [5, 5.41) is 70.8. The lowest BCUT2D eigenvalue weighted by Gasteiger charge is -2.45. The topological polar surface area (TPSA) is 302 Å². The Morgan fingerprint density at radius 3 is 1.65 bits per heavy atom. The lowest BCUT2D eigenvalue weighted by molar-refractivity contribution is -0.401. The molecule has 0 saturated carbocycles. The third-order valence-corrected chi connectivity index (χ3v) is 5.32. The molecule has 19 nitrogen and oxygen atoms in total. The van der Waals surface area contributed by atoms with Crippen molar-refractivity contribution in [2.24, 2.45) is 0 Å². The van der Waals surface area contributed by atoms with Gasteiger partial charge in [-0.25, -0.2) is 0 Å². The van der Waals surface area contributed by atoms with Crippen LogP contribution in [0.3, 0.4) is 0 Å². The van der Waals surface area contributed by atoms with Gasteiger partial charge in [0.25, 0.3) is 18.9 Å². The fourth-order valence-corrected chi connectivity index (χ4v) is 3.51. The Bertz CT molecular complexity index is 802. The van der Waals surface area contributed by atoms with Crippen LogP contribution in [0.1, 0.15) is 22.3 Å². The Labute approximate surface area is 228 Å². The summed E-state index contributed by atoms with van der Waals surface area (Å²) in [7, 11) is 0. The molecule has 0 aliphatic carbocycles. The number of aliphatic hydroxyl groups is 7. The molecule has 0 aromatic heterocycles. The molecule has 3 aliphatic rings. The molecule has 236 valence electrons. The maximum absolute atomic E-state index is 11.0. The van der Waals surface area contributed by atoms with Crippen molar-refractivity contribution >= 4 is 19.4 Å². The van der Waals surface area contributed by atoms with Crippen molar-refractivity contribution < 1.29 is 88.0 Å². The molecule has 13 atom stereocenters. The number of carbonyl (C=O) groups excluding carboxylic acids is 3. The van der Waals surface area contributed by atoms with Gasteiger partial charge in [0, 0.05) is 6.08 Å². The molecule has 0 amide bonds. The van der Waals surface area contributed by atoms with Gasteiger partial charge in [0.1, 0.15) is 36.6 Å². The van der Waals surface area contributed by atoms with Crippen LogP contribution in [-0.4, -0.2) is 135 Å². The van der Waals surface area contributed by atoms with E-state index in [4.69, 9.17) is 28.4 Å². The van der Waals surface area contributed by atoms with E-state index in [9.17, 15) is 50.1 Å². The number of hydrogen-bond acceptors (Lipinski definition) is 19. The van der Waals surface area contributed by atoms with Crippen LogP contribution in [0.25, 0.3) is 0 Å². The summed E-state index contributed by atoms with van der Waals surface area (Å²) in [6.07, 6.45) is -23.7. The van der Waals surface area contributed by atoms with Crippen molar-refractivity contribution in [1.82, 2.24) is 6.15 Å². The first kappa shape index (κ1) is 39.6. The lowest BCUT2D eigenvalue weighted by Crippen LogP contribution is -2.65. The molecule has 40 heavy (non-hydrogen) atoms. The first-order valence-electron chi connectivity index (χ1n) is 10.2. The largest absolute Gasteiger partial charge is 0.435 e. The van der Waals surface area contributed by atoms with E-state index in [1.165, 1.54) is 0 Å². The number of hydrogen-bond donors (Lipinski definition) is 8. The van der Waals surface area contributed by atoms with Gasteiger partial charge in [-0.2, -0.15) is 0 Å². The van der Waals surface area contributed by atoms with Crippen molar-refractivity contribution in [3.63, 3.8) is 0 Å². The summed E-state index contributed by atoms with van der Waals surface area (Å²) >= 11 is 0. The molecule has 0 aromatic carbocycles. The number of rotatable bonds is 10. The zero-order chi connectivity index (χ0) is 26.6. The normalized spacial score (nSPS) is 40.5. The first-order valence-corrected chi connectivity index (χ1v) is 10.2. The number of ether oxygens (including phenoxy) is 8. The Morgan fingerprint density at radius 1 is 0.625 bits per heavy atom. The van der Waals surface area contributed by atoms with E-state index >= 15 is 0 Å². The van der Waals surface area contributed by atoms with Gasteiger partial charge in [0.15, 0.2) is 24.8 Å². The summed E-state index contributed by atoms with van der Waals surface area (Å²) in [5.41, 5.74) is 0. The molecule has 10 N–H and O–H groups in total. The van der Waals surface area contributed by atoms with Crippen LogP contribution in [0.2, 0.25) is 0 Å². The van der Waals surface area contributed by atoms with Gasteiger partial charge in [-0.15, -0.1) is 0 Å². The van der Waals surface area contributed by atoms with Crippen molar-refractivity contribution in [3.8, 4) is 0 Å². The number of carbonyl (C=O) groups is 3. The van der Waals surface area contributed by atoms with Gasteiger partial charge >= 0.3 is 6.47 Å². The average molecular weight is 594 g/mol. The maximum Gasteiger partial charge on any atom is 0.300 e. The van der Waals surface area contributed by atoms with Crippen LogP contribution in [0.5, 0.6) is 0 Å². The fraction of sp³-hybridized carbons (Fsp3) is 0.762. The van der Waals surface area contributed by atoms with E-state index in [0.717, 1.165) is 6.08 Å².